The van der Waals surface area contributed by atoms with Crippen LogP contribution in [0.3, 0.4) is 0 Å². The molecule has 0 aromatic carbocycles. The fraction of sp³-hybridized carbons (Fsp3) is 1.00. The summed E-state index contributed by atoms with van der Waals surface area (Å²) >= 11 is 0. The van der Waals surface area contributed by atoms with Crippen LogP contribution in [0, 0.1) is 17.3 Å². The van der Waals surface area contributed by atoms with Gasteiger partial charge in [0.05, 0.1) is 0 Å². The third-order valence-corrected chi connectivity index (χ3v) is 4.72. The van der Waals surface area contributed by atoms with Gasteiger partial charge in [0.25, 0.3) is 0 Å². The molecule has 2 saturated carbocycles. The topological polar surface area (TPSA) is 0 Å². The van der Waals surface area contributed by atoms with Gasteiger partial charge < -0.3 is 0 Å². The normalized spacial score (nSPS) is 48.8. The molecule has 0 heterocycles. The van der Waals surface area contributed by atoms with E-state index in [9.17, 15) is 0 Å². The Bertz CT molecular complexity index is 203. The lowest BCUT2D eigenvalue weighted by molar-refractivity contribution is 0.0501. The van der Waals surface area contributed by atoms with Crippen LogP contribution in [0.4, 0.5) is 0 Å². The van der Waals surface area contributed by atoms with E-state index in [0.717, 1.165) is 17.3 Å². The van der Waals surface area contributed by atoms with Gasteiger partial charge in [-0.3, -0.25) is 0 Å². The second-order valence-corrected chi connectivity index (χ2v) is 6.66. The molecule has 2 aliphatic carbocycles. The summed E-state index contributed by atoms with van der Waals surface area (Å²) in [4.78, 5) is 0. The van der Waals surface area contributed by atoms with Crippen molar-refractivity contribution in [1.82, 2.24) is 0 Å². The first-order valence-corrected chi connectivity index (χ1v) is 5.93. The van der Waals surface area contributed by atoms with E-state index in [-0.39, 0.29) is 0 Å². The summed E-state index contributed by atoms with van der Waals surface area (Å²) in [5.74, 6) is 2.00. The highest BCUT2D eigenvalue weighted by Gasteiger charge is 2.48. The van der Waals surface area contributed by atoms with Crippen molar-refractivity contribution in [3.8, 4) is 0 Å². The van der Waals surface area contributed by atoms with Crippen molar-refractivity contribution in [2.75, 3.05) is 0 Å². The summed E-state index contributed by atoms with van der Waals surface area (Å²) in [5.41, 5.74) is 0.729. The zero-order valence-electron chi connectivity index (χ0n) is 9.69. The molecule has 0 aromatic rings. The maximum atomic E-state index is 2.53. The standard InChI is InChI=1S/C12H23B/c1-9-7-12(3,13)8-10(9)11(2)5-4-6-11/h9-10H,4-8,13H2,1-3H3. The van der Waals surface area contributed by atoms with E-state index in [2.05, 4.69) is 28.6 Å². The van der Waals surface area contributed by atoms with Gasteiger partial charge in [0.1, 0.15) is 7.85 Å². The smallest absolute Gasteiger partial charge is 0.0669 e. The van der Waals surface area contributed by atoms with Crippen molar-refractivity contribution in [2.24, 2.45) is 17.3 Å². The Morgan fingerprint density at radius 2 is 1.77 bits per heavy atom. The zero-order chi connectivity index (χ0) is 9.69. The fourth-order valence-corrected chi connectivity index (χ4v) is 3.93. The molecule has 0 aromatic heterocycles. The molecule has 0 amide bonds. The van der Waals surface area contributed by atoms with Gasteiger partial charge in [-0.25, -0.2) is 0 Å². The second-order valence-electron chi connectivity index (χ2n) is 6.66. The van der Waals surface area contributed by atoms with Crippen LogP contribution >= 0.6 is 0 Å². The monoisotopic (exact) mass is 178 g/mol. The van der Waals surface area contributed by atoms with Crippen molar-refractivity contribution in [3.05, 3.63) is 0 Å². The van der Waals surface area contributed by atoms with Crippen LogP contribution in [0.15, 0.2) is 0 Å². The number of hydrogen-bond acceptors (Lipinski definition) is 0. The van der Waals surface area contributed by atoms with E-state index >= 15 is 0 Å². The number of rotatable bonds is 1. The zero-order valence-corrected chi connectivity index (χ0v) is 9.69. The van der Waals surface area contributed by atoms with E-state index in [1.54, 1.807) is 0 Å². The lowest BCUT2D eigenvalue weighted by Gasteiger charge is -2.46. The van der Waals surface area contributed by atoms with Crippen molar-refractivity contribution in [2.45, 2.75) is 58.2 Å². The van der Waals surface area contributed by atoms with Gasteiger partial charge in [0.15, 0.2) is 0 Å². The lowest BCUT2D eigenvalue weighted by atomic mass is 9.59. The van der Waals surface area contributed by atoms with Gasteiger partial charge in [-0.15, -0.1) is 0 Å². The molecule has 2 rings (SSSR count). The lowest BCUT2D eigenvalue weighted by Crippen LogP contribution is -2.35. The summed E-state index contributed by atoms with van der Waals surface area (Å²) in [6.07, 6.45) is 7.41. The molecule has 0 bridgehead atoms. The van der Waals surface area contributed by atoms with Crippen LogP contribution in [0.25, 0.3) is 0 Å². The average Bonchev–Trinajstić information content (AvgIpc) is 2.20. The molecule has 0 N–H and O–H groups in total. The van der Waals surface area contributed by atoms with Gasteiger partial charge in [-0.1, -0.05) is 45.3 Å². The van der Waals surface area contributed by atoms with Crippen molar-refractivity contribution in [1.29, 1.82) is 0 Å². The third-order valence-electron chi connectivity index (χ3n) is 4.72. The molecule has 3 atom stereocenters. The Morgan fingerprint density at radius 3 is 2.08 bits per heavy atom. The Kier molecular flexibility index (Phi) is 2.05. The first kappa shape index (κ1) is 9.61. The van der Waals surface area contributed by atoms with Crippen LogP contribution in [0.2, 0.25) is 5.31 Å². The van der Waals surface area contributed by atoms with Crippen LogP contribution in [-0.4, -0.2) is 7.85 Å². The Morgan fingerprint density at radius 1 is 1.15 bits per heavy atom. The molecule has 0 spiro atoms. The van der Waals surface area contributed by atoms with E-state index in [1.165, 1.54) is 32.1 Å². The third kappa shape index (κ3) is 1.55. The maximum Gasteiger partial charge on any atom is 0.109 e. The van der Waals surface area contributed by atoms with Crippen molar-refractivity contribution < 1.29 is 0 Å². The van der Waals surface area contributed by atoms with Gasteiger partial charge in [0, 0.05) is 0 Å². The molecule has 0 radical (unpaired) electrons. The predicted molar refractivity (Wildman–Crippen MR) is 60.8 cm³/mol. The molecule has 3 unspecified atom stereocenters. The van der Waals surface area contributed by atoms with Crippen LogP contribution in [0.5, 0.6) is 0 Å². The molecule has 0 aliphatic heterocycles. The minimum atomic E-state index is 0.628. The molecule has 0 saturated heterocycles. The van der Waals surface area contributed by atoms with E-state index in [1.807, 2.05) is 0 Å². The van der Waals surface area contributed by atoms with Crippen molar-refractivity contribution in [3.63, 3.8) is 0 Å². The summed E-state index contributed by atoms with van der Waals surface area (Å²) < 4.78 is 0. The van der Waals surface area contributed by atoms with E-state index in [4.69, 9.17) is 0 Å². The second kappa shape index (κ2) is 2.78. The molecular formula is C12H23B. The van der Waals surface area contributed by atoms with Crippen LogP contribution < -0.4 is 0 Å². The molecule has 74 valence electrons. The van der Waals surface area contributed by atoms with Gasteiger partial charge in [0.2, 0.25) is 0 Å². The molecule has 2 fully saturated rings. The minimum absolute atomic E-state index is 0.628. The maximum absolute atomic E-state index is 2.53. The largest absolute Gasteiger partial charge is 0.109 e. The molecule has 1 heteroatoms. The van der Waals surface area contributed by atoms with E-state index < -0.39 is 0 Å². The predicted octanol–water partition coefficient (Wildman–Crippen LogP) is 3.03. The average molecular weight is 178 g/mol. The number of hydrogen-bond donors (Lipinski definition) is 0. The van der Waals surface area contributed by atoms with Crippen molar-refractivity contribution >= 4 is 7.85 Å². The Hall–Kier alpha value is 0.0649. The van der Waals surface area contributed by atoms with Gasteiger partial charge in [-0.05, 0) is 30.1 Å². The Labute approximate surface area is 83.9 Å². The summed E-state index contributed by atoms with van der Waals surface area (Å²) in [6.45, 7) is 7.45. The molecule has 0 nitrogen and oxygen atoms in total. The first-order valence-electron chi connectivity index (χ1n) is 5.93. The highest BCUT2D eigenvalue weighted by atomic mass is 14.5. The van der Waals surface area contributed by atoms with Crippen LogP contribution in [0.1, 0.15) is 52.9 Å². The summed E-state index contributed by atoms with van der Waals surface area (Å²) in [7, 11) is 2.45. The molecular weight excluding hydrogens is 155 g/mol. The first-order chi connectivity index (χ1) is 5.93. The fourth-order valence-electron chi connectivity index (χ4n) is 3.93. The summed E-state index contributed by atoms with van der Waals surface area (Å²) in [5, 5.41) is 0.628. The summed E-state index contributed by atoms with van der Waals surface area (Å²) in [6, 6.07) is 0. The highest BCUT2D eigenvalue weighted by Crippen LogP contribution is 2.60. The van der Waals surface area contributed by atoms with Gasteiger partial charge in [-0.2, -0.15) is 0 Å². The van der Waals surface area contributed by atoms with E-state index in [0.29, 0.717) is 5.31 Å². The molecule has 2 aliphatic rings. The Balaban J connectivity index is 2.08. The molecule has 13 heavy (non-hydrogen) atoms. The quantitative estimate of drug-likeness (QED) is 0.541. The highest BCUT2D eigenvalue weighted by molar-refractivity contribution is 6.15. The minimum Gasteiger partial charge on any atom is -0.0669 e. The van der Waals surface area contributed by atoms with Gasteiger partial charge >= 0.3 is 0 Å². The SMILES string of the molecule is BC1(C)CC(C)C(C2(C)CCC2)C1. The van der Waals surface area contributed by atoms with Crippen LogP contribution in [-0.2, 0) is 0 Å².